The van der Waals surface area contributed by atoms with Gasteiger partial charge in [0.05, 0.1) is 29.8 Å². The summed E-state index contributed by atoms with van der Waals surface area (Å²) in [5.74, 6) is 0.432. The van der Waals surface area contributed by atoms with Gasteiger partial charge in [-0.15, -0.1) is 0 Å². The number of ether oxygens (including phenoxy) is 1. The number of rotatable bonds is 3. The largest absolute Gasteiger partial charge is 0.506 e. The van der Waals surface area contributed by atoms with Gasteiger partial charge in [0.15, 0.2) is 11.5 Å². The molecule has 3 unspecified atom stereocenters. The molecular formula is C19H18N2O5. The van der Waals surface area contributed by atoms with Crippen molar-refractivity contribution in [2.45, 2.75) is 18.4 Å². The first kappa shape index (κ1) is 16.3. The van der Waals surface area contributed by atoms with Gasteiger partial charge in [-0.2, -0.15) is 0 Å². The summed E-state index contributed by atoms with van der Waals surface area (Å²) in [5.41, 5.74) is 2.05. The second-order valence-electron chi connectivity index (χ2n) is 6.59. The van der Waals surface area contributed by atoms with Gasteiger partial charge in [0.2, 0.25) is 0 Å². The zero-order valence-electron chi connectivity index (χ0n) is 14.0. The van der Waals surface area contributed by atoms with E-state index in [1.807, 2.05) is 12.1 Å². The number of nitro benzene ring substituents is 1. The normalized spacial score (nSPS) is 23.0. The molecule has 2 aliphatic rings. The first-order valence-corrected chi connectivity index (χ1v) is 8.31. The molecule has 134 valence electrons. The highest BCUT2D eigenvalue weighted by molar-refractivity contribution is 5.70. The smallest absolute Gasteiger partial charge is 0.273 e. The monoisotopic (exact) mass is 354 g/mol. The number of hydrogen-bond donors (Lipinski definition) is 3. The number of allylic oxidation sites excluding steroid dienone is 2. The minimum absolute atomic E-state index is 0.0261. The van der Waals surface area contributed by atoms with Crippen molar-refractivity contribution in [2.24, 2.45) is 5.92 Å². The number of nitrogens with zero attached hydrogens (tertiary/aromatic N) is 1. The third-order valence-corrected chi connectivity index (χ3v) is 5.21. The van der Waals surface area contributed by atoms with Gasteiger partial charge in [-0.3, -0.25) is 10.1 Å². The van der Waals surface area contributed by atoms with E-state index in [2.05, 4.69) is 11.4 Å². The van der Waals surface area contributed by atoms with Crippen molar-refractivity contribution in [1.29, 1.82) is 0 Å². The number of phenolic OH excluding ortho intramolecular Hbond substituents is 2. The van der Waals surface area contributed by atoms with E-state index in [4.69, 9.17) is 4.74 Å². The number of benzene rings is 2. The summed E-state index contributed by atoms with van der Waals surface area (Å²) in [6, 6.07) is 7.75. The molecule has 4 rings (SSSR count). The van der Waals surface area contributed by atoms with Gasteiger partial charge in [0, 0.05) is 12.0 Å². The van der Waals surface area contributed by atoms with Crippen molar-refractivity contribution in [1.82, 2.24) is 0 Å². The number of aromatic hydroxyl groups is 2. The van der Waals surface area contributed by atoms with Gasteiger partial charge in [-0.1, -0.05) is 18.2 Å². The fourth-order valence-corrected chi connectivity index (χ4v) is 3.99. The van der Waals surface area contributed by atoms with Gasteiger partial charge < -0.3 is 20.3 Å². The zero-order valence-corrected chi connectivity index (χ0v) is 14.0. The van der Waals surface area contributed by atoms with E-state index in [-0.39, 0.29) is 35.1 Å². The molecule has 7 heteroatoms. The van der Waals surface area contributed by atoms with Crippen LogP contribution in [0.3, 0.4) is 0 Å². The highest BCUT2D eigenvalue weighted by Gasteiger charge is 2.40. The Bertz CT molecular complexity index is 924. The summed E-state index contributed by atoms with van der Waals surface area (Å²) in [6.45, 7) is 0. The molecule has 0 amide bonds. The van der Waals surface area contributed by atoms with Crippen LogP contribution in [0.5, 0.6) is 17.2 Å². The number of non-ortho nitro benzene ring substituents is 1. The molecule has 7 nitrogen and oxygen atoms in total. The summed E-state index contributed by atoms with van der Waals surface area (Å²) in [6.07, 6.45) is 4.92. The maximum absolute atomic E-state index is 11.1. The number of phenols is 2. The Balaban J connectivity index is 1.81. The number of methoxy groups -OCH3 is 1. The van der Waals surface area contributed by atoms with Crippen molar-refractivity contribution in [3.05, 3.63) is 63.7 Å². The van der Waals surface area contributed by atoms with Crippen LogP contribution in [-0.4, -0.2) is 22.2 Å². The Morgan fingerprint density at radius 3 is 2.77 bits per heavy atom. The molecule has 26 heavy (non-hydrogen) atoms. The molecule has 0 saturated carbocycles. The first-order chi connectivity index (χ1) is 12.5. The van der Waals surface area contributed by atoms with E-state index in [9.17, 15) is 20.3 Å². The topological polar surface area (TPSA) is 105 Å². The molecule has 2 aromatic carbocycles. The van der Waals surface area contributed by atoms with Crippen LogP contribution in [0.25, 0.3) is 0 Å². The molecule has 0 saturated heterocycles. The summed E-state index contributed by atoms with van der Waals surface area (Å²) in [5, 5.41) is 34.7. The van der Waals surface area contributed by atoms with Crippen LogP contribution in [-0.2, 0) is 0 Å². The van der Waals surface area contributed by atoms with Gasteiger partial charge in [0.1, 0.15) is 5.75 Å². The quantitative estimate of drug-likeness (QED) is 0.335. The van der Waals surface area contributed by atoms with Crippen LogP contribution in [0.4, 0.5) is 11.4 Å². The van der Waals surface area contributed by atoms with Crippen molar-refractivity contribution in [3.8, 4) is 17.2 Å². The van der Waals surface area contributed by atoms with Crippen molar-refractivity contribution in [3.63, 3.8) is 0 Å². The maximum atomic E-state index is 11.1. The van der Waals surface area contributed by atoms with Crippen LogP contribution < -0.4 is 10.1 Å². The number of fused-ring (bicyclic) bond motifs is 3. The summed E-state index contributed by atoms with van der Waals surface area (Å²) in [7, 11) is 1.49. The molecule has 1 heterocycles. The van der Waals surface area contributed by atoms with E-state index >= 15 is 0 Å². The van der Waals surface area contributed by atoms with Crippen LogP contribution in [0.2, 0.25) is 0 Å². The highest BCUT2D eigenvalue weighted by Crippen LogP contribution is 2.53. The minimum Gasteiger partial charge on any atom is -0.506 e. The van der Waals surface area contributed by atoms with E-state index in [1.54, 1.807) is 12.1 Å². The third-order valence-electron chi connectivity index (χ3n) is 5.21. The van der Waals surface area contributed by atoms with E-state index in [0.29, 0.717) is 11.4 Å². The van der Waals surface area contributed by atoms with Crippen LogP contribution in [0, 0.1) is 16.0 Å². The lowest BCUT2D eigenvalue weighted by atomic mass is 9.76. The zero-order chi connectivity index (χ0) is 18.4. The summed E-state index contributed by atoms with van der Waals surface area (Å²) >= 11 is 0. The van der Waals surface area contributed by atoms with Crippen LogP contribution in [0.1, 0.15) is 29.5 Å². The molecule has 1 aliphatic heterocycles. The molecule has 2 aromatic rings. The molecular weight excluding hydrogens is 336 g/mol. The predicted molar refractivity (Wildman–Crippen MR) is 95.8 cm³/mol. The van der Waals surface area contributed by atoms with Gasteiger partial charge >= 0.3 is 0 Å². The average Bonchev–Trinajstić information content (AvgIpc) is 3.11. The predicted octanol–water partition coefficient (Wildman–Crippen LogP) is 3.84. The summed E-state index contributed by atoms with van der Waals surface area (Å²) < 4.78 is 5.21. The fourth-order valence-electron chi connectivity index (χ4n) is 3.99. The minimum atomic E-state index is -0.495. The molecule has 0 spiro atoms. The third kappa shape index (κ3) is 2.44. The first-order valence-electron chi connectivity index (χ1n) is 8.31. The number of nitrogens with one attached hydrogen (secondary N) is 1. The van der Waals surface area contributed by atoms with Crippen LogP contribution >= 0.6 is 0 Å². The molecule has 3 atom stereocenters. The lowest BCUT2D eigenvalue weighted by molar-refractivity contribution is -0.385. The van der Waals surface area contributed by atoms with Gasteiger partial charge in [-0.25, -0.2) is 0 Å². The number of anilines is 1. The van der Waals surface area contributed by atoms with Crippen molar-refractivity contribution >= 4 is 11.4 Å². The molecule has 0 fully saturated rings. The van der Waals surface area contributed by atoms with Gasteiger partial charge in [0.25, 0.3) is 5.69 Å². The van der Waals surface area contributed by atoms with Crippen LogP contribution in [0.15, 0.2) is 42.5 Å². The Hall–Kier alpha value is -3.22. The van der Waals surface area contributed by atoms with Gasteiger partial charge in [-0.05, 0) is 35.6 Å². The standard InChI is InChI=1S/C19H18N2O5/c1-26-17-7-10(5-6-15(17)22)18-13-4-2-3-12(13)14-8-11(21(24)25)9-16(23)19(14)20-18/h2-3,5-9,12-13,18,20,22-23H,4H2,1H3. The Labute approximate surface area is 149 Å². The SMILES string of the molecule is COc1cc(C2Nc3c(O)cc([N+](=O)[O-])cc3C3C=CCC32)ccc1O. The molecule has 0 bridgehead atoms. The Morgan fingerprint density at radius 1 is 1.23 bits per heavy atom. The maximum Gasteiger partial charge on any atom is 0.273 e. The number of nitro groups is 1. The second kappa shape index (κ2) is 5.94. The average molecular weight is 354 g/mol. The lowest BCUT2D eigenvalue weighted by Gasteiger charge is -2.37. The molecule has 1 aliphatic carbocycles. The number of hydrogen-bond acceptors (Lipinski definition) is 6. The highest BCUT2D eigenvalue weighted by atomic mass is 16.6. The molecule has 0 radical (unpaired) electrons. The van der Waals surface area contributed by atoms with E-state index in [0.717, 1.165) is 17.5 Å². The van der Waals surface area contributed by atoms with E-state index < -0.39 is 4.92 Å². The summed E-state index contributed by atoms with van der Waals surface area (Å²) in [4.78, 5) is 10.6. The fraction of sp³-hybridized carbons (Fsp3) is 0.263. The van der Waals surface area contributed by atoms with Crippen molar-refractivity contribution < 1.29 is 19.9 Å². The molecule has 0 aromatic heterocycles. The Kier molecular flexibility index (Phi) is 3.72. The van der Waals surface area contributed by atoms with Crippen molar-refractivity contribution in [2.75, 3.05) is 12.4 Å². The lowest BCUT2D eigenvalue weighted by Crippen LogP contribution is -2.29. The molecule has 3 N–H and O–H groups in total. The second-order valence-corrected chi connectivity index (χ2v) is 6.59. The van der Waals surface area contributed by atoms with E-state index in [1.165, 1.54) is 19.2 Å². The Morgan fingerprint density at radius 2 is 2.04 bits per heavy atom.